The first-order valence-corrected chi connectivity index (χ1v) is 10.7. The fourth-order valence-corrected chi connectivity index (χ4v) is 3.96. The number of hydrogen-bond donors (Lipinski definition) is 2. The van der Waals surface area contributed by atoms with Gasteiger partial charge in [0.25, 0.3) is 11.5 Å². The van der Waals surface area contributed by atoms with E-state index in [4.69, 9.17) is 28.0 Å². The van der Waals surface area contributed by atoms with Crippen LogP contribution in [0.25, 0.3) is 0 Å². The number of alkyl halides is 8. The number of nitrogens with zero attached hydrogens (tertiary/aromatic N) is 1. The summed E-state index contributed by atoms with van der Waals surface area (Å²) < 4.78 is 108. The highest BCUT2D eigenvalue weighted by molar-refractivity contribution is 6.33. The summed E-state index contributed by atoms with van der Waals surface area (Å²) in [5.74, 6) is -5.66. The van der Waals surface area contributed by atoms with Crippen LogP contribution >= 0.6 is 23.2 Å². The fourth-order valence-electron chi connectivity index (χ4n) is 3.56. The smallest absolute Gasteiger partial charge is 0.374 e. The quantitative estimate of drug-likeness (QED) is 0.316. The van der Waals surface area contributed by atoms with Gasteiger partial charge in [-0.3, -0.25) is 15.6 Å². The maximum Gasteiger partial charge on any atom is 0.435 e. The van der Waals surface area contributed by atoms with Crippen molar-refractivity contribution in [1.29, 1.82) is 0 Å². The zero-order valence-electron chi connectivity index (χ0n) is 17.5. The van der Waals surface area contributed by atoms with Crippen molar-refractivity contribution in [2.75, 3.05) is 5.43 Å². The molecule has 2 aliphatic rings. The van der Waals surface area contributed by atoms with Crippen LogP contribution in [-0.2, 0) is 21.4 Å². The number of halogens is 10. The van der Waals surface area contributed by atoms with Gasteiger partial charge in [0.1, 0.15) is 5.92 Å². The molecule has 1 saturated carbocycles. The third kappa shape index (κ3) is 4.90. The summed E-state index contributed by atoms with van der Waals surface area (Å²) in [5.41, 5.74) is -1.56. The molecule has 1 aliphatic heterocycles. The molecule has 0 saturated heterocycles. The Morgan fingerprint density at radius 3 is 2.31 bits per heavy atom. The highest BCUT2D eigenvalue weighted by Crippen LogP contribution is 2.51. The summed E-state index contributed by atoms with van der Waals surface area (Å²) in [6, 6.07) is 5.14. The summed E-state index contributed by atoms with van der Waals surface area (Å²) in [6.45, 7) is 0. The molecule has 2 aromatic rings. The van der Waals surface area contributed by atoms with Crippen LogP contribution in [0.15, 0.2) is 41.6 Å². The fraction of sp³-hybridized carbons (Fsp3) is 0.333. The Morgan fingerprint density at radius 2 is 1.72 bits per heavy atom. The number of carbonyl (C=O) groups excluding carboxylic acids is 1. The van der Waals surface area contributed by atoms with Gasteiger partial charge in [-0.05, 0) is 30.3 Å². The molecule has 1 heterocycles. The lowest BCUT2D eigenvalue weighted by Crippen LogP contribution is -2.43. The second kappa shape index (κ2) is 8.65. The van der Waals surface area contributed by atoms with E-state index in [0.29, 0.717) is 12.1 Å². The van der Waals surface area contributed by atoms with Crippen molar-refractivity contribution < 1.29 is 44.8 Å². The topological polar surface area (TPSA) is 62.7 Å². The molecule has 0 spiro atoms. The van der Waals surface area contributed by atoms with Crippen molar-refractivity contribution in [3.63, 3.8) is 0 Å². The molecule has 0 radical (unpaired) electrons. The van der Waals surface area contributed by atoms with Gasteiger partial charge in [-0.25, -0.2) is 8.78 Å². The number of carbonyl (C=O) groups is 1. The lowest BCUT2D eigenvalue weighted by molar-refractivity contribution is -0.276. The molecule has 0 bridgehead atoms. The van der Waals surface area contributed by atoms with Gasteiger partial charge in [0, 0.05) is 29.0 Å². The van der Waals surface area contributed by atoms with Crippen LogP contribution < -0.4 is 10.9 Å². The third-order valence-corrected chi connectivity index (χ3v) is 6.19. The SMILES string of the molecule is O=C(NNc1cc(C2=NO[C@@](c3cc(Cl)cc(C(F)(F)F)c3)(C(F)(F)F)C2)ccc1Cl)[C@H]1CC1(F)F. The Bertz CT molecular complexity index is 1250. The molecule has 5 nitrogen and oxygen atoms in total. The maximum absolute atomic E-state index is 14.2. The van der Waals surface area contributed by atoms with E-state index < -0.39 is 64.7 Å². The Morgan fingerprint density at radius 1 is 1.06 bits per heavy atom. The number of hydrogen-bond acceptors (Lipinski definition) is 4. The molecule has 2 N–H and O–H groups in total. The molecule has 2 atom stereocenters. The second-order valence-electron chi connectivity index (χ2n) is 8.18. The Hall–Kier alpha value is -2.80. The molecular weight excluding hydrogens is 549 g/mol. The van der Waals surface area contributed by atoms with E-state index in [-0.39, 0.29) is 28.1 Å². The zero-order valence-corrected chi connectivity index (χ0v) is 19.0. The van der Waals surface area contributed by atoms with Crippen LogP contribution in [0.2, 0.25) is 10.0 Å². The largest absolute Gasteiger partial charge is 0.435 e. The van der Waals surface area contributed by atoms with E-state index in [1.807, 2.05) is 5.43 Å². The number of benzene rings is 2. The van der Waals surface area contributed by atoms with Gasteiger partial charge >= 0.3 is 12.4 Å². The molecule has 1 amide bonds. The highest BCUT2D eigenvalue weighted by atomic mass is 35.5. The van der Waals surface area contributed by atoms with Crippen molar-refractivity contribution in [2.24, 2.45) is 11.1 Å². The second-order valence-corrected chi connectivity index (χ2v) is 9.03. The van der Waals surface area contributed by atoms with Gasteiger partial charge < -0.3 is 4.84 Å². The van der Waals surface area contributed by atoms with Gasteiger partial charge in [-0.15, -0.1) is 0 Å². The van der Waals surface area contributed by atoms with E-state index in [1.54, 1.807) is 0 Å². The molecule has 0 unspecified atom stereocenters. The third-order valence-electron chi connectivity index (χ3n) is 5.64. The first kappa shape index (κ1) is 26.3. The van der Waals surface area contributed by atoms with Crippen LogP contribution in [0.4, 0.5) is 40.8 Å². The number of rotatable bonds is 5. The molecule has 36 heavy (non-hydrogen) atoms. The summed E-state index contributed by atoms with van der Waals surface area (Å²) in [7, 11) is 0. The zero-order chi connectivity index (χ0) is 26.7. The number of anilines is 1. The van der Waals surface area contributed by atoms with Crippen molar-refractivity contribution in [3.05, 3.63) is 63.1 Å². The van der Waals surface area contributed by atoms with Crippen LogP contribution in [0.1, 0.15) is 29.5 Å². The first-order valence-electron chi connectivity index (χ1n) is 9.97. The van der Waals surface area contributed by atoms with Crippen molar-refractivity contribution in [1.82, 2.24) is 5.43 Å². The number of hydrazine groups is 1. The monoisotopic (exact) mass is 561 g/mol. The molecular formula is C21H13Cl2F8N3O2. The summed E-state index contributed by atoms with van der Waals surface area (Å²) >= 11 is 11.7. The van der Waals surface area contributed by atoms with Gasteiger partial charge in [0.15, 0.2) is 0 Å². The average Bonchev–Trinajstić information content (AvgIpc) is 3.17. The van der Waals surface area contributed by atoms with Crippen LogP contribution in [0, 0.1) is 5.92 Å². The number of nitrogens with one attached hydrogen (secondary N) is 2. The molecule has 0 aromatic heterocycles. The Labute approximate surface area is 207 Å². The molecule has 4 rings (SSSR count). The minimum absolute atomic E-state index is 0.0112. The summed E-state index contributed by atoms with van der Waals surface area (Å²) in [6.07, 6.45) is -11.8. The standard InChI is InChI=1S/C21H13Cl2F8N3O2/c22-12-5-10(4-11(6-12)20(26,27)28)18(21(29,30)31)8-16(34-36-18)9-1-2-14(23)15(3-9)32-33-17(35)13-7-19(13,24)25/h1-6,13,32H,7-8H2,(H,33,35)/t13-,18+/m1/s1. The van der Waals surface area contributed by atoms with E-state index >= 15 is 0 Å². The molecule has 15 heteroatoms. The number of amides is 1. The molecule has 194 valence electrons. The van der Waals surface area contributed by atoms with E-state index in [1.165, 1.54) is 18.2 Å². The average molecular weight is 562 g/mol. The first-order chi connectivity index (χ1) is 16.5. The summed E-state index contributed by atoms with van der Waals surface area (Å²) in [5, 5.41) is 2.85. The lowest BCUT2D eigenvalue weighted by Gasteiger charge is -2.30. The van der Waals surface area contributed by atoms with Gasteiger partial charge in [0.05, 0.1) is 22.0 Å². The van der Waals surface area contributed by atoms with E-state index in [0.717, 1.165) is 0 Å². The van der Waals surface area contributed by atoms with E-state index in [9.17, 15) is 39.9 Å². The van der Waals surface area contributed by atoms with Crippen LogP contribution in [-0.4, -0.2) is 23.7 Å². The van der Waals surface area contributed by atoms with Crippen LogP contribution in [0.5, 0.6) is 0 Å². The Balaban J connectivity index is 1.61. The minimum Gasteiger partial charge on any atom is -0.374 e. The predicted molar refractivity (Wildman–Crippen MR) is 113 cm³/mol. The van der Waals surface area contributed by atoms with Gasteiger partial charge in [-0.2, -0.15) is 26.3 Å². The normalized spacial score (nSPS) is 23.1. The van der Waals surface area contributed by atoms with Crippen molar-refractivity contribution in [3.8, 4) is 0 Å². The van der Waals surface area contributed by atoms with Crippen molar-refractivity contribution in [2.45, 2.75) is 36.7 Å². The van der Waals surface area contributed by atoms with Gasteiger partial charge in [0.2, 0.25) is 5.91 Å². The molecule has 1 fully saturated rings. The number of oxime groups is 1. The van der Waals surface area contributed by atoms with Crippen LogP contribution in [0.3, 0.4) is 0 Å². The predicted octanol–water partition coefficient (Wildman–Crippen LogP) is 6.69. The molecule has 1 aliphatic carbocycles. The minimum atomic E-state index is -5.21. The summed E-state index contributed by atoms with van der Waals surface area (Å²) in [4.78, 5) is 16.5. The molecule has 2 aromatic carbocycles. The Kier molecular flexibility index (Phi) is 6.31. The highest BCUT2D eigenvalue weighted by Gasteiger charge is 2.63. The lowest BCUT2D eigenvalue weighted by atomic mass is 9.85. The van der Waals surface area contributed by atoms with E-state index in [2.05, 4.69) is 10.6 Å². The maximum atomic E-state index is 14.2. The van der Waals surface area contributed by atoms with Crippen molar-refractivity contribution >= 4 is 40.5 Å². The van der Waals surface area contributed by atoms with Gasteiger partial charge in [-0.1, -0.05) is 34.4 Å².